The third kappa shape index (κ3) is 32.8. The van der Waals surface area contributed by atoms with Gasteiger partial charge in [0.1, 0.15) is 103 Å². The van der Waals surface area contributed by atoms with Crippen LogP contribution in [-0.2, 0) is 129 Å². The number of nitrogens with zero attached hydrogens (tertiary/aromatic N) is 4. The predicted octanol–water partition coefficient (Wildman–Crippen LogP) is -15.5. The van der Waals surface area contributed by atoms with Crippen LogP contribution < -0.4 is 121 Å². The fourth-order valence-corrected chi connectivity index (χ4v) is 14.5. The molecule has 55 heteroatoms. The summed E-state index contributed by atoms with van der Waals surface area (Å²) in [5.41, 5.74) is 48.9. The van der Waals surface area contributed by atoms with Crippen molar-refractivity contribution < 1.29 is 140 Å². The Labute approximate surface area is 741 Å². The number of nitrogens with two attached hydrogens (primary N) is 9. The van der Waals surface area contributed by atoms with Crippen LogP contribution in [0, 0.1) is 11.8 Å². The van der Waals surface area contributed by atoms with E-state index in [0.29, 0.717) is 0 Å². The van der Waals surface area contributed by atoms with Crippen molar-refractivity contribution in [3.05, 3.63) is 0 Å². The summed E-state index contributed by atoms with van der Waals surface area (Å²) in [6, 6.07) is -30.7. The van der Waals surface area contributed by atoms with Crippen LogP contribution in [0.25, 0.3) is 0 Å². The van der Waals surface area contributed by atoms with Gasteiger partial charge in [-0.05, 0) is 84.0 Å². The van der Waals surface area contributed by atoms with E-state index in [1.54, 1.807) is 0 Å². The van der Waals surface area contributed by atoms with Crippen LogP contribution in [0.3, 0.4) is 0 Å². The monoisotopic (exact) mass is 1840 g/mol. The Balaban J connectivity index is 1.43. The summed E-state index contributed by atoms with van der Waals surface area (Å²) in [6.45, 7) is 8.14. The van der Waals surface area contributed by atoms with Crippen molar-refractivity contribution in [3.8, 4) is 0 Å². The van der Waals surface area contributed by atoms with Gasteiger partial charge in [0.15, 0.2) is 0 Å². The SMILES string of the molecule is CC(C)[C@H](NC(=O)[C@H](CC(N)=O)NC(=O)[C@@H]1CCCN1C(=O)[C@H](CC(N)=O)NC(=O)[C@H](C)NC(=O)[C@H](CC(N)=O)NC(=O)[C@@H]1CCCN1C(=O)[C@H](CC(N)=O)NC(=O)[C@H](C)NC(=O)[C@H](CC(N)=O)NC(=O)[C@@H]1CCCN1C(=O)[C@H](CC(N)=O)NC(=O)[C@H](C)NC(=O)[C@H](CC(N)=O)NC(=O)[C@@H]1CCCN1C(=O)[C@H](CC(=O)O)NC(=O)[C@@H](NC(=O)[C@@H](N)CC(N)=O)C(C)C)C(=O)O. The molecule has 130 heavy (non-hydrogen) atoms. The Kier molecular flexibility index (Phi) is 41.3. The number of rotatable bonds is 51. The summed E-state index contributed by atoms with van der Waals surface area (Å²) >= 11 is 0. The number of likely N-dealkylation sites (tertiary alicyclic amines) is 4. The Morgan fingerprint density at radius 1 is 0.262 bits per heavy atom. The minimum atomic E-state index is -1.96. The van der Waals surface area contributed by atoms with Crippen LogP contribution in [-0.4, -0.2) is 324 Å². The maximum Gasteiger partial charge on any atom is 0.326 e. The fraction of sp³-hybridized carbons (Fsp3) is 0.640. The van der Waals surface area contributed by atoms with Crippen LogP contribution in [0.1, 0.15) is 158 Å². The number of primary amides is 8. The zero-order valence-corrected chi connectivity index (χ0v) is 72.3. The molecule has 33 N–H and O–H groups in total. The van der Waals surface area contributed by atoms with E-state index < -0.39 is 338 Å². The van der Waals surface area contributed by atoms with Gasteiger partial charge in [-0.2, -0.15) is 0 Å². The lowest BCUT2D eigenvalue weighted by atomic mass is 10.0. The highest BCUT2D eigenvalue weighted by atomic mass is 16.4. The first-order chi connectivity index (χ1) is 60.5. The standard InChI is InChI=1S/C75H116N26O29/c1-29(2)56(96-61(115)34(76)20-47(77)102)70(124)95-42(28-55(110)111)74(128)101-19-11-15-46(101)68(122)90-37(23-50(80)105)64(118)87-33(7)59(113)93-40(26-53(83)108)72(126)99-17-9-13-44(99)66(120)88-35(21-48(78)103)62(116)85-31(5)58(112)92-39(25-52(82)107)71(125)98-16-8-12-43(98)67(121)89-36(22-49(79)104)63(117)86-32(6)60(114)94-41(27-54(84)109)73(127)100-18-10-14-45(100)69(123)91-38(24-51(81)106)65(119)97-57(30(3)4)75(129)130/h29-46,56-57H,8-28,76H2,1-7H3,(H2,77,102)(H2,78,103)(H2,79,104)(H2,80,105)(H2,81,106)(H2,82,107)(H2,83,108)(H2,84,109)(H,85,116)(H,86,117)(H,87,118)(H,88,120)(H,89,121)(H,90,122)(H,91,123)(H,92,112)(H,93,113)(H,94,114)(H,95,124)(H,96,115)(H,97,119)(H,110,111)(H,129,130)/t31-,32-,33-,34-,35-,36-,37-,38-,39-,40-,41-,42-,43-,44-,45-,46-,56-,57-/m0/s1. The number of carboxylic acids is 2. The number of hydrogen-bond donors (Lipinski definition) is 24. The molecule has 4 aliphatic rings. The molecule has 4 aliphatic heterocycles. The predicted molar refractivity (Wildman–Crippen MR) is 439 cm³/mol. The van der Waals surface area contributed by atoms with Gasteiger partial charge in [-0.3, -0.25) is 125 Å². The lowest BCUT2D eigenvalue weighted by Gasteiger charge is -2.31. The highest BCUT2D eigenvalue weighted by Gasteiger charge is 2.47. The van der Waals surface area contributed by atoms with E-state index >= 15 is 0 Å². The second kappa shape index (κ2) is 49.7. The molecule has 0 aromatic carbocycles. The molecule has 55 nitrogen and oxygen atoms in total. The molecule has 0 aromatic rings. The molecule has 0 saturated carbocycles. The van der Waals surface area contributed by atoms with Crippen LogP contribution >= 0.6 is 0 Å². The third-order valence-corrected chi connectivity index (χ3v) is 21.1. The smallest absolute Gasteiger partial charge is 0.326 e. The summed E-state index contributed by atoms with van der Waals surface area (Å²) < 4.78 is 0. The molecule has 0 aliphatic carbocycles. The van der Waals surface area contributed by atoms with Crippen molar-refractivity contribution >= 4 is 160 Å². The summed E-state index contributed by atoms with van der Waals surface area (Å²) in [5.74, 6) is -33.1. The van der Waals surface area contributed by atoms with Crippen molar-refractivity contribution in [2.24, 2.45) is 63.4 Å². The van der Waals surface area contributed by atoms with E-state index in [1.165, 1.54) is 27.7 Å². The normalized spacial score (nSPS) is 19.0. The van der Waals surface area contributed by atoms with Gasteiger partial charge in [-0.15, -0.1) is 0 Å². The number of aliphatic carboxylic acids is 2. The van der Waals surface area contributed by atoms with E-state index in [2.05, 4.69) is 69.1 Å². The maximum absolute atomic E-state index is 14.4. The molecule has 0 aromatic heterocycles. The van der Waals surface area contributed by atoms with Crippen LogP contribution in [0.5, 0.6) is 0 Å². The Hall–Kier alpha value is -14.3. The zero-order valence-electron chi connectivity index (χ0n) is 72.3. The van der Waals surface area contributed by atoms with E-state index in [-0.39, 0.29) is 77.5 Å². The Morgan fingerprint density at radius 2 is 0.477 bits per heavy atom. The van der Waals surface area contributed by atoms with Crippen molar-refractivity contribution in [1.82, 2.24) is 88.7 Å². The molecule has 0 unspecified atom stereocenters. The minimum absolute atomic E-state index is 0.0424. The van der Waals surface area contributed by atoms with Crippen molar-refractivity contribution in [1.29, 1.82) is 0 Å². The number of nitrogens with one attached hydrogen (secondary N) is 13. The van der Waals surface area contributed by atoms with Gasteiger partial charge in [0.05, 0.1) is 63.8 Å². The van der Waals surface area contributed by atoms with Crippen molar-refractivity contribution in [3.63, 3.8) is 0 Å². The van der Waals surface area contributed by atoms with Gasteiger partial charge in [0.2, 0.25) is 148 Å². The van der Waals surface area contributed by atoms with Gasteiger partial charge >= 0.3 is 11.9 Å². The third-order valence-electron chi connectivity index (χ3n) is 21.1. The second-order valence-electron chi connectivity index (χ2n) is 32.3. The highest BCUT2D eigenvalue weighted by Crippen LogP contribution is 2.25. The molecular weight excluding hydrogens is 1730 g/mol. The molecule has 0 bridgehead atoms. The van der Waals surface area contributed by atoms with Crippen molar-refractivity contribution in [2.45, 2.75) is 266 Å². The van der Waals surface area contributed by atoms with E-state index in [0.717, 1.165) is 40.4 Å². The van der Waals surface area contributed by atoms with E-state index in [4.69, 9.17) is 51.6 Å². The zero-order chi connectivity index (χ0) is 98.5. The largest absolute Gasteiger partial charge is 0.481 e. The highest BCUT2D eigenvalue weighted by molar-refractivity contribution is 6.05. The average molecular weight is 1850 g/mol. The van der Waals surface area contributed by atoms with Crippen LogP contribution in [0.15, 0.2) is 0 Å². The summed E-state index contributed by atoms with van der Waals surface area (Å²) in [6.07, 6.45) is -8.39. The molecule has 0 spiro atoms. The van der Waals surface area contributed by atoms with Crippen LogP contribution in [0.4, 0.5) is 0 Å². The van der Waals surface area contributed by atoms with Crippen molar-refractivity contribution in [2.75, 3.05) is 26.2 Å². The Morgan fingerprint density at radius 3 is 0.700 bits per heavy atom. The molecule has 18 atom stereocenters. The van der Waals surface area contributed by atoms with Gasteiger partial charge < -0.3 is 151 Å². The summed E-state index contributed by atoms with van der Waals surface area (Å²) in [5, 5.41) is 48.7. The summed E-state index contributed by atoms with van der Waals surface area (Å²) in [7, 11) is 0. The molecule has 720 valence electrons. The van der Waals surface area contributed by atoms with Gasteiger partial charge in [-0.25, -0.2) is 4.79 Å². The lowest BCUT2D eigenvalue weighted by Crippen LogP contribution is -2.61. The number of amides is 25. The number of carbonyl (C=O) groups excluding carboxylic acids is 25. The summed E-state index contributed by atoms with van der Waals surface area (Å²) in [4.78, 5) is 361. The molecule has 4 fully saturated rings. The maximum atomic E-state index is 14.4. The first-order valence-corrected chi connectivity index (χ1v) is 41.2. The number of carboxylic acid groups (broad SMARTS) is 2. The molecular formula is C75H116N26O29. The number of hydrogen-bond acceptors (Lipinski definition) is 28. The van der Waals surface area contributed by atoms with Gasteiger partial charge in [0, 0.05) is 26.2 Å². The quantitative estimate of drug-likeness (QED) is 0.0269. The topological polar surface area (TPSA) is 905 Å². The molecule has 4 rings (SSSR count). The lowest BCUT2D eigenvalue weighted by molar-refractivity contribution is -0.146. The molecule has 4 saturated heterocycles. The molecule has 4 heterocycles. The van der Waals surface area contributed by atoms with Gasteiger partial charge in [-0.1, -0.05) is 27.7 Å². The van der Waals surface area contributed by atoms with E-state index in [9.17, 15) is 140 Å². The molecule has 0 radical (unpaired) electrons. The van der Waals surface area contributed by atoms with E-state index in [1.807, 2.05) is 0 Å². The average Bonchev–Trinajstić information content (AvgIpc) is 1.64. The second-order valence-corrected chi connectivity index (χ2v) is 32.3. The first kappa shape index (κ1) is 108. The Bertz CT molecular complexity index is 4390. The minimum Gasteiger partial charge on any atom is -0.481 e. The first-order valence-electron chi connectivity index (χ1n) is 41.2. The number of carbonyl (C=O) groups is 27. The van der Waals surface area contributed by atoms with Gasteiger partial charge in [0.25, 0.3) is 0 Å². The fourth-order valence-electron chi connectivity index (χ4n) is 14.5. The molecule has 25 amide bonds. The van der Waals surface area contributed by atoms with Crippen LogP contribution in [0.2, 0.25) is 0 Å².